The first-order chi connectivity index (χ1) is 12.2. The second-order valence-electron chi connectivity index (χ2n) is 7.10. The van der Waals surface area contributed by atoms with Crippen LogP contribution in [0, 0.1) is 0 Å². The molecule has 1 aromatic carbocycles. The van der Waals surface area contributed by atoms with Crippen LogP contribution in [-0.2, 0) is 20.8 Å². The van der Waals surface area contributed by atoms with E-state index in [0.717, 1.165) is 38.0 Å². The number of hydrogen-bond acceptors (Lipinski definition) is 4. The number of hydrogen-bond donors (Lipinski definition) is 1. The van der Waals surface area contributed by atoms with E-state index in [-0.39, 0.29) is 18.2 Å². The standard InChI is InChI=1S/C20H30N2O3/c1-16(14-19(23)22-10-4-2-3-5-11-22)21-15-17-6-8-18(9-7-17)20-24-12-13-25-20/h6-9,16,20-21H,2-5,10-15H2,1H3/t16-/m1/s1. The maximum Gasteiger partial charge on any atom is 0.224 e. The highest BCUT2D eigenvalue weighted by molar-refractivity contribution is 5.76. The van der Waals surface area contributed by atoms with Crippen LogP contribution in [-0.4, -0.2) is 43.2 Å². The molecule has 2 fully saturated rings. The summed E-state index contributed by atoms with van der Waals surface area (Å²) >= 11 is 0. The van der Waals surface area contributed by atoms with Gasteiger partial charge in [-0.25, -0.2) is 0 Å². The summed E-state index contributed by atoms with van der Waals surface area (Å²) in [7, 11) is 0. The minimum atomic E-state index is -0.216. The number of amides is 1. The smallest absolute Gasteiger partial charge is 0.224 e. The van der Waals surface area contributed by atoms with Gasteiger partial charge in [0.15, 0.2) is 6.29 Å². The van der Waals surface area contributed by atoms with E-state index < -0.39 is 0 Å². The first-order valence-electron chi connectivity index (χ1n) is 9.55. The largest absolute Gasteiger partial charge is 0.346 e. The molecule has 3 rings (SSSR count). The van der Waals surface area contributed by atoms with Crippen molar-refractivity contribution in [2.24, 2.45) is 0 Å². The van der Waals surface area contributed by atoms with Gasteiger partial charge in [-0.15, -0.1) is 0 Å². The predicted molar refractivity (Wildman–Crippen MR) is 97.1 cm³/mol. The van der Waals surface area contributed by atoms with Crippen molar-refractivity contribution in [2.75, 3.05) is 26.3 Å². The summed E-state index contributed by atoms with van der Waals surface area (Å²) in [5.41, 5.74) is 2.27. The van der Waals surface area contributed by atoms with Crippen LogP contribution in [0.3, 0.4) is 0 Å². The Morgan fingerprint density at radius 1 is 1.12 bits per heavy atom. The fourth-order valence-corrected chi connectivity index (χ4v) is 3.42. The zero-order valence-electron chi connectivity index (χ0n) is 15.2. The van der Waals surface area contributed by atoms with Crippen LogP contribution in [0.15, 0.2) is 24.3 Å². The first kappa shape index (κ1) is 18.4. The number of nitrogens with zero attached hydrogens (tertiary/aromatic N) is 1. The highest BCUT2D eigenvalue weighted by atomic mass is 16.7. The molecule has 1 amide bonds. The predicted octanol–water partition coefficient (Wildman–Crippen LogP) is 3.00. The lowest BCUT2D eigenvalue weighted by Crippen LogP contribution is -2.37. The maximum absolute atomic E-state index is 12.4. The van der Waals surface area contributed by atoms with Crippen molar-refractivity contribution in [2.45, 2.75) is 57.9 Å². The van der Waals surface area contributed by atoms with Gasteiger partial charge in [-0.05, 0) is 25.3 Å². The Kier molecular flexibility index (Phi) is 6.84. The highest BCUT2D eigenvalue weighted by Crippen LogP contribution is 2.23. The van der Waals surface area contributed by atoms with E-state index >= 15 is 0 Å². The van der Waals surface area contributed by atoms with E-state index in [1.807, 2.05) is 4.90 Å². The molecule has 2 saturated heterocycles. The summed E-state index contributed by atoms with van der Waals surface area (Å²) < 4.78 is 11.0. The van der Waals surface area contributed by atoms with Crippen molar-refractivity contribution in [1.82, 2.24) is 10.2 Å². The molecule has 0 saturated carbocycles. The van der Waals surface area contributed by atoms with Crippen LogP contribution in [0.5, 0.6) is 0 Å². The fraction of sp³-hybridized carbons (Fsp3) is 0.650. The minimum absolute atomic E-state index is 0.178. The van der Waals surface area contributed by atoms with Crippen LogP contribution in [0.25, 0.3) is 0 Å². The number of benzene rings is 1. The molecule has 2 aliphatic heterocycles. The Bertz CT molecular complexity index is 532. The molecule has 0 aromatic heterocycles. The van der Waals surface area contributed by atoms with Gasteiger partial charge in [0, 0.05) is 37.7 Å². The zero-order valence-corrected chi connectivity index (χ0v) is 15.2. The Balaban J connectivity index is 1.42. The molecule has 2 aliphatic rings. The number of carbonyl (C=O) groups excluding carboxylic acids is 1. The maximum atomic E-state index is 12.4. The summed E-state index contributed by atoms with van der Waals surface area (Å²) in [4.78, 5) is 14.5. The first-order valence-corrected chi connectivity index (χ1v) is 9.55. The van der Waals surface area contributed by atoms with Gasteiger partial charge in [0.25, 0.3) is 0 Å². The second-order valence-corrected chi connectivity index (χ2v) is 7.10. The van der Waals surface area contributed by atoms with Crippen LogP contribution < -0.4 is 5.32 Å². The molecule has 1 aromatic rings. The van der Waals surface area contributed by atoms with Crippen LogP contribution in [0.1, 0.15) is 56.4 Å². The summed E-state index contributed by atoms with van der Waals surface area (Å²) in [6, 6.07) is 8.48. The third kappa shape index (κ3) is 5.53. The number of ether oxygens (including phenoxy) is 2. The van der Waals surface area contributed by atoms with E-state index in [2.05, 4.69) is 36.5 Å². The van der Waals surface area contributed by atoms with Crippen LogP contribution in [0.4, 0.5) is 0 Å². The van der Waals surface area contributed by atoms with Crippen LogP contribution >= 0.6 is 0 Å². The molecular formula is C20H30N2O3. The number of carbonyl (C=O) groups is 1. The molecule has 1 N–H and O–H groups in total. The Labute approximate surface area is 150 Å². The lowest BCUT2D eigenvalue weighted by molar-refractivity contribution is -0.131. The van der Waals surface area contributed by atoms with Crippen molar-refractivity contribution in [3.63, 3.8) is 0 Å². The lowest BCUT2D eigenvalue weighted by Gasteiger charge is -2.23. The lowest BCUT2D eigenvalue weighted by atomic mass is 10.1. The van der Waals surface area contributed by atoms with Gasteiger partial charge in [-0.2, -0.15) is 0 Å². The highest BCUT2D eigenvalue weighted by Gasteiger charge is 2.19. The molecule has 2 heterocycles. The molecular weight excluding hydrogens is 316 g/mol. The van der Waals surface area contributed by atoms with Crippen molar-refractivity contribution in [3.05, 3.63) is 35.4 Å². The van der Waals surface area contributed by atoms with Crippen molar-refractivity contribution in [1.29, 1.82) is 0 Å². The third-order valence-electron chi connectivity index (χ3n) is 4.97. The van der Waals surface area contributed by atoms with Crippen molar-refractivity contribution in [3.8, 4) is 0 Å². The van der Waals surface area contributed by atoms with Crippen molar-refractivity contribution >= 4 is 5.91 Å². The molecule has 0 bridgehead atoms. The Hall–Kier alpha value is -1.43. The zero-order chi connectivity index (χ0) is 17.5. The molecule has 5 heteroatoms. The fourth-order valence-electron chi connectivity index (χ4n) is 3.42. The van der Waals surface area contributed by atoms with Gasteiger partial charge in [0.1, 0.15) is 0 Å². The van der Waals surface area contributed by atoms with E-state index in [1.54, 1.807) is 0 Å². The Morgan fingerprint density at radius 2 is 1.76 bits per heavy atom. The summed E-state index contributed by atoms with van der Waals surface area (Å²) in [5.74, 6) is 0.285. The normalized spacial score (nSPS) is 20.4. The summed E-state index contributed by atoms with van der Waals surface area (Å²) in [6.45, 7) is 6.04. The van der Waals surface area contributed by atoms with Crippen LogP contribution in [0.2, 0.25) is 0 Å². The van der Waals surface area contributed by atoms with Crippen molar-refractivity contribution < 1.29 is 14.3 Å². The number of nitrogens with one attached hydrogen (secondary N) is 1. The SMILES string of the molecule is C[C@H](CC(=O)N1CCCCCC1)NCc1ccc(C2OCCO2)cc1. The monoisotopic (exact) mass is 346 g/mol. The van der Waals surface area contributed by atoms with E-state index in [9.17, 15) is 4.79 Å². The third-order valence-corrected chi connectivity index (χ3v) is 4.97. The number of rotatable bonds is 6. The van der Waals surface area contributed by atoms with Gasteiger partial charge in [0.2, 0.25) is 5.91 Å². The van der Waals surface area contributed by atoms with Gasteiger partial charge < -0.3 is 19.7 Å². The molecule has 138 valence electrons. The number of likely N-dealkylation sites (tertiary alicyclic amines) is 1. The van der Waals surface area contributed by atoms with E-state index in [4.69, 9.17) is 9.47 Å². The molecule has 0 aliphatic carbocycles. The average molecular weight is 346 g/mol. The van der Waals surface area contributed by atoms with Gasteiger partial charge in [0.05, 0.1) is 13.2 Å². The molecule has 25 heavy (non-hydrogen) atoms. The molecule has 0 unspecified atom stereocenters. The minimum Gasteiger partial charge on any atom is -0.346 e. The molecule has 0 radical (unpaired) electrons. The quantitative estimate of drug-likeness (QED) is 0.860. The molecule has 0 spiro atoms. The second kappa shape index (κ2) is 9.32. The van der Waals surface area contributed by atoms with Gasteiger partial charge in [-0.1, -0.05) is 37.1 Å². The van der Waals surface area contributed by atoms with Gasteiger partial charge >= 0.3 is 0 Å². The van der Waals surface area contributed by atoms with E-state index in [0.29, 0.717) is 19.6 Å². The average Bonchev–Trinajstić information content (AvgIpc) is 3.02. The molecule has 5 nitrogen and oxygen atoms in total. The topological polar surface area (TPSA) is 50.8 Å². The summed E-state index contributed by atoms with van der Waals surface area (Å²) in [6.07, 6.45) is 5.16. The Morgan fingerprint density at radius 3 is 2.40 bits per heavy atom. The summed E-state index contributed by atoms with van der Waals surface area (Å²) in [5, 5.41) is 3.46. The van der Waals surface area contributed by atoms with E-state index in [1.165, 1.54) is 18.4 Å². The molecule has 1 atom stereocenters. The van der Waals surface area contributed by atoms with Gasteiger partial charge in [-0.3, -0.25) is 4.79 Å².